The van der Waals surface area contributed by atoms with E-state index in [1.807, 2.05) is 0 Å². The molecule has 0 aromatic heterocycles. The number of aromatic hydroxyl groups is 1. The predicted octanol–water partition coefficient (Wildman–Crippen LogP) is 2.72. The molecule has 0 unspecified atom stereocenters. The lowest BCUT2D eigenvalue weighted by Gasteiger charge is -2.13. The summed E-state index contributed by atoms with van der Waals surface area (Å²) in [6, 6.07) is 0.910. The average molecular weight is 311 g/mol. The average Bonchev–Trinajstić information content (AvgIpc) is 2.20. The van der Waals surface area contributed by atoms with Gasteiger partial charge in [0, 0.05) is 30.2 Å². The summed E-state index contributed by atoms with van der Waals surface area (Å²) in [5, 5.41) is 20.2. The van der Waals surface area contributed by atoms with E-state index in [0.717, 1.165) is 12.1 Å². The molecule has 0 aliphatic carbocycles. The van der Waals surface area contributed by atoms with Crippen LogP contribution in [0.25, 0.3) is 0 Å². The molecule has 0 saturated heterocycles. The van der Waals surface area contributed by atoms with Gasteiger partial charge in [-0.2, -0.15) is 0 Å². The third-order valence-electron chi connectivity index (χ3n) is 2.12. The van der Waals surface area contributed by atoms with Gasteiger partial charge >= 0.3 is 0 Å². The highest BCUT2D eigenvalue weighted by atomic mass is 79.9. The Morgan fingerprint density at radius 1 is 1.53 bits per heavy atom. The molecule has 94 valence electrons. The minimum atomic E-state index is -2.65. The van der Waals surface area contributed by atoms with Gasteiger partial charge in [-0.1, -0.05) is 0 Å². The van der Waals surface area contributed by atoms with Crippen LogP contribution in [0.1, 0.15) is 18.0 Å². The van der Waals surface area contributed by atoms with Gasteiger partial charge in [0.1, 0.15) is 5.75 Å². The number of nitro groups is 1. The Morgan fingerprint density at radius 2 is 2.12 bits per heavy atom. The van der Waals surface area contributed by atoms with Crippen molar-refractivity contribution in [3.63, 3.8) is 0 Å². The van der Waals surface area contributed by atoms with E-state index in [2.05, 4.69) is 15.9 Å². The molecule has 5 nitrogen and oxygen atoms in total. The number of nitrogens with two attached hydrogens (primary N) is 1. The minimum Gasteiger partial charge on any atom is -0.506 e. The highest BCUT2D eigenvalue weighted by Crippen LogP contribution is 2.36. The number of phenolic OH excluding ortho intramolecular Hbond substituents is 1. The van der Waals surface area contributed by atoms with Crippen molar-refractivity contribution >= 4 is 21.6 Å². The monoisotopic (exact) mass is 310 g/mol. The molecular weight excluding hydrogens is 302 g/mol. The Hall–Kier alpha value is -1.28. The molecule has 1 rings (SSSR count). The molecule has 0 fully saturated rings. The van der Waals surface area contributed by atoms with E-state index >= 15 is 0 Å². The highest BCUT2D eigenvalue weighted by molar-refractivity contribution is 9.10. The molecule has 17 heavy (non-hydrogen) atoms. The molecule has 0 saturated carbocycles. The normalized spacial score (nSPS) is 12.8. The first-order chi connectivity index (χ1) is 7.82. The number of alkyl halides is 2. The molecule has 0 aliphatic rings. The van der Waals surface area contributed by atoms with Crippen molar-refractivity contribution < 1.29 is 18.8 Å². The second kappa shape index (κ2) is 5.37. The van der Waals surface area contributed by atoms with Gasteiger partial charge in [-0.05, 0) is 15.9 Å². The van der Waals surface area contributed by atoms with Crippen molar-refractivity contribution in [3.05, 3.63) is 32.3 Å². The van der Waals surface area contributed by atoms with Gasteiger partial charge in [-0.25, -0.2) is 8.78 Å². The van der Waals surface area contributed by atoms with E-state index in [0.29, 0.717) is 0 Å². The van der Waals surface area contributed by atoms with E-state index in [-0.39, 0.29) is 21.5 Å². The van der Waals surface area contributed by atoms with Crippen LogP contribution >= 0.6 is 15.9 Å². The fourth-order valence-corrected chi connectivity index (χ4v) is 1.78. The van der Waals surface area contributed by atoms with Crippen molar-refractivity contribution in [2.75, 3.05) is 0 Å². The quantitative estimate of drug-likeness (QED) is 0.661. The molecule has 0 spiro atoms. The van der Waals surface area contributed by atoms with Crippen LogP contribution < -0.4 is 5.73 Å². The van der Waals surface area contributed by atoms with E-state index < -0.39 is 23.8 Å². The number of nitro benzene ring substituents is 1. The van der Waals surface area contributed by atoms with Crippen LogP contribution in [0, 0.1) is 10.1 Å². The smallest absolute Gasteiger partial charge is 0.271 e. The van der Waals surface area contributed by atoms with E-state index in [4.69, 9.17) is 5.73 Å². The van der Waals surface area contributed by atoms with Crippen molar-refractivity contribution in [2.24, 2.45) is 5.73 Å². The largest absolute Gasteiger partial charge is 0.506 e. The van der Waals surface area contributed by atoms with Crippen molar-refractivity contribution in [1.29, 1.82) is 0 Å². The summed E-state index contributed by atoms with van der Waals surface area (Å²) in [6.45, 7) is 0. The number of hydrogen-bond donors (Lipinski definition) is 2. The third-order valence-corrected chi connectivity index (χ3v) is 2.72. The lowest BCUT2D eigenvalue weighted by Crippen LogP contribution is -2.14. The van der Waals surface area contributed by atoms with Crippen LogP contribution in [-0.2, 0) is 0 Å². The van der Waals surface area contributed by atoms with Gasteiger partial charge in [0.15, 0.2) is 0 Å². The molecule has 0 radical (unpaired) electrons. The van der Waals surface area contributed by atoms with Gasteiger partial charge < -0.3 is 10.8 Å². The van der Waals surface area contributed by atoms with Crippen molar-refractivity contribution in [1.82, 2.24) is 0 Å². The molecule has 0 aliphatic heterocycles. The Bertz CT molecular complexity index is 442. The molecule has 1 aromatic rings. The highest BCUT2D eigenvalue weighted by Gasteiger charge is 2.21. The number of halogens is 3. The zero-order valence-corrected chi connectivity index (χ0v) is 10.0. The number of benzene rings is 1. The molecule has 8 heteroatoms. The fraction of sp³-hybridized carbons (Fsp3) is 0.333. The molecule has 1 atom stereocenters. The van der Waals surface area contributed by atoms with Crippen LogP contribution in [0.2, 0.25) is 0 Å². The lowest BCUT2D eigenvalue weighted by atomic mass is 10.0. The van der Waals surface area contributed by atoms with Crippen LogP contribution in [0.3, 0.4) is 0 Å². The Labute approximate surface area is 104 Å². The van der Waals surface area contributed by atoms with Crippen LogP contribution in [0.15, 0.2) is 16.6 Å². The first-order valence-corrected chi connectivity index (χ1v) is 5.32. The summed E-state index contributed by atoms with van der Waals surface area (Å²) in [5.41, 5.74) is 5.05. The summed E-state index contributed by atoms with van der Waals surface area (Å²) < 4.78 is 24.4. The topological polar surface area (TPSA) is 89.4 Å². The van der Waals surface area contributed by atoms with Gasteiger partial charge in [-0.15, -0.1) is 0 Å². The molecule has 0 amide bonds. The summed E-state index contributed by atoms with van der Waals surface area (Å²) in [5.74, 6) is -0.358. The first-order valence-electron chi connectivity index (χ1n) is 4.53. The molecule has 0 bridgehead atoms. The summed E-state index contributed by atoms with van der Waals surface area (Å²) >= 11 is 2.90. The zero-order valence-electron chi connectivity index (χ0n) is 8.44. The summed E-state index contributed by atoms with van der Waals surface area (Å²) in [6.07, 6.45) is -3.33. The maximum Gasteiger partial charge on any atom is 0.271 e. The van der Waals surface area contributed by atoms with Crippen LogP contribution in [0.5, 0.6) is 5.75 Å². The first kappa shape index (κ1) is 13.8. The number of nitrogens with zero attached hydrogens (tertiary/aromatic N) is 1. The predicted molar refractivity (Wildman–Crippen MR) is 60.0 cm³/mol. The zero-order chi connectivity index (χ0) is 13.2. The maximum absolute atomic E-state index is 12.2. The number of non-ortho nitro benzene ring substituents is 1. The Morgan fingerprint density at radius 3 is 2.59 bits per heavy atom. The third kappa shape index (κ3) is 3.34. The molecule has 3 N–H and O–H groups in total. The molecular formula is C9H9BrF2N2O3. The Kier molecular flexibility index (Phi) is 4.35. The summed E-state index contributed by atoms with van der Waals surface area (Å²) in [7, 11) is 0. The second-order valence-electron chi connectivity index (χ2n) is 3.36. The van der Waals surface area contributed by atoms with Gasteiger partial charge in [0.05, 0.1) is 9.40 Å². The fourth-order valence-electron chi connectivity index (χ4n) is 1.31. The standard InChI is InChI=1S/C9H9BrF2N2O3/c10-6-2-4(14(16)17)1-5(9(6)15)7(13)3-8(11)12/h1-2,7-8,15H,3,13H2/t7-/m0/s1. The van der Waals surface area contributed by atoms with Gasteiger partial charge in [-0.3, -0.25) is 10.1 Å². The molecule has 0 heterocycles. The van der Waals surface area contributed by atoms with Crippen LogP contribution in [0.4, 0.5) is 14.5 Å². The van der Waals surface area contributed by atoms with E-state index in [9.17, 15) is 24.0 Å². The number of phenols is 1. The maximum atomic E-state index is 12.2. The van der Waals surface area contributed by atoms with Gasteiger partial charge in [0.25, 0.3) is 5.69 Å². The SMILES string of the molecule is N[C@@H](CC(F)F)c1cc([N+](=O)[O-])cc(Br)c1O. The van der Waals surface area contributed by atoms with Gasteiger partial charge in [0.2, 0.25) is 6.43 Å². The van der Waals surface area contributed by atoms with E-state index in [1.54, 1.807) is 0 Å². The molecule has 1 aromatic carbocycles. The van der Waals surface area contributed by atoms with Crippen LogP contribution in [-0.4, -0.2) is 16.5 Å². The van der Waals surface area contributed by atoms with Crippen molar-refractivity contribution in [3.8, 4) is 5.75 Å². The number of rotatable bonds is 4. The summed E-state index contributed by atoms with van der Waals surface area (Å²) in [4.78, 5) is 9.88. The minimum absolute atomic E-state index is 0.0476. The lowest BCUT2D eigenvalue weighted by molar-refractivity contribution is -0.385. The second-order valence-corrected chi connectivity index (χ2v) is 4.21. The van der Waals surface area contributed by atoms with E-state index in [1.165, 1.54) is 0 Å². The Balaban J connectivity index is 3.17. The van der Waals surface area contributed by atoms with Crippen molar-refractivity contribution in [2.45, 2.75) is 18.9 Å². The number of hydrogen-bond acceptors (Lipinski definition) is 4.